The predicted octanol–water partition coefficient (Wildman–Crippen LogP) is 5.24. The lowest BCUT2D eigenvalue weighted by molar-refractivity contribution is -0.383. The summed E-state index contributed by atoms with van der Waals surface area (Å²) in [4.78, 5) is 23.2. The number of nitrogens with zero attached hydrogens (tertiary/aromatic N) is 1. The van der Waals surface area contributed by atoms with E-state index >= 15 is 0 Å². The fraction of sp³-hybridized carbons (Fsp3) is 0.136. The molecule has 3 aromatic rings. The van der Waals surface area contributed by atoms with Gasteiger partial charge in [-0.25, -0.2) is 0 Å². The van der Waals surface area contributed by atoms with Gasteiger partial charge in [-0.2, -0.15) is 0 Å². The fourth-order valence-corrected chi connectivity index (χ4v) is 3.25. The highest BCUT2D eigenvalue weighted by Crippen LogP contribution is 2.30. The molecule has 8 nitrogen and oxygen atoms in total. The van der Waals surface area contributed by atoms with Gasteiger partial charge in [-0.05, 0) is 42.0 Å². The molecule has 0 radical (unpaired) electrons. The van der Waals surface area contributed by atoms with Crippen molar-refractivity contribution in [1.82, 2.24) is 0 Å². The molecule has 9 heteroatoms. The van der Waals surface area contributed by atoms with E-state index in [1.54, 1.807) is 32.4 Å². The van der Waals surface area contributed by atoms with E-state index in [1.165, 1.54) is 12.1 Å². The van der Waals surface area contributed by atoms with E-state index in [0.717, 1.165) is 11.3 Å². The van der Waals surface area contributed by atoms with Crippen molar-refractivity contribution in [1.29, 1.82) is 0 Å². The molecule has 0 aromatic heterocycles. The van der Waals surface area contributed by atoms with Crippen LogP contribution in [0, 0.1) is 10.1 Å². The second-order valence-electron chi connectivity index (χ2n) is 6.49. The maximum atomic E-state index is 12.5. The molecule has 0 saturated carbocycles. The van der Waals surface area contributed by atoms with E-state index in [4.69, 9.17) is 9.47 Å². The van der Waals surface area contributed by atoms with Crippen LogP contribution in [0.3, 0.4) is 0 Å². The Morgan fingerprint density at radius 3 is 2.35 bits per heavy atom. The smallest absolute Gasteiger partial charge is 0.292 e. The SMILES string of the molecule is COc1ccc(NCc2ccc(C(=O)Nc3cc(Br)ccc3[N+](=O)[O-])cc2)cc1OC. The summed E-state index contributed by atoms with van der Waals surface area (Å²) in [6.07, 6.45) is 0. The van der Waals surface area contributed by atoms with E-state index in [9.17, 15) is 14.9 Å². The largest absolute Gasteiger partial charge is 0.493 e. The highest BCUT2D eigenvalue weighted by molar-refractivity contribution is 9.10. The van der Waals surface area contributed by atoms with Gasteiger partial charge in [0.2, 0.25) is 0 Å². The minimum atomic E-state index is -0.537. The topological polar surface area (TPSA) is 103 Å². The van der Waals surface area contributed by atoms with Gasteiger partial charge in [0.15, 0.2) is 11.5 Å². The monoisotopic (exact) mass is 485 g/mol. The number of carbonyl (C=O) groups is 1. The molecule has 0 aliphatic rings. The van der Waals surface area contributed by atoms with Crippen molar-refractivity contribution in [2.45, 2.75) is 6.54 Å². The molecule has 0 fully saturated rings. The molecule has 31 heavy (non-hydrogen) atoms. The molecule has 0 bridgehead atoms. The number of halogens is 1. The number of carbonyl (C=O) groups excluding carboxylic acids is 1. The maximum Gasteiger partial charge on any atom is 0.292 e. The number of benzene rings is 3. The lowest BCUT2D eigenvalue weighted by Crippen LogP contribution is -2.13. The number of amides is 1. The summed E-state index contributed by atoms with van der Waals surface area (Å²) in [5.41, 5.74) is 2.17. The summed E-state index contributed by atoms with van der Waals surface area (Å²) < 4.78 is 11.2. The number of hydrogen-bond acceptors (Lipinski definition) is 6. The fourth-order valence-electron chi connectivity index (χ4n) is 2.89. The zero-order valence-corrected chi connectivity index (χ0v) is 18.4. The molecule has 0 aliphatic heterocycles. The van der Waals surface area contributed by atoms with Crippen molar-refractivity contribution in [3.63, 3.8) is 0 Å². The first-order valence-corrected chi connectivity index (χ1v) is 10.0. The van der Waals surface area contributed by atoms with Crippen LogP contribution >= 0.6 is 15.9 Å². The van der Waals surface area contributed by atoms with Crippen molar-refractivity contribution < 1.29 is 19.2 Å². The van der Waals surface area contributed by atoms with Gasteiger partial charge < -0.3 is 20.1 Å². The molecule has 3 aromatic carbocycles. The predicted molar refractivity (Wildman–Crippen MR) is 122 cm³/mol. The number of rotatable bonds is 8. The average molecular weight is 486 g/mol. The van der Waals surface area contributed by atoms with Gasteiger partial charge in [-0.15, -0.1) is 0 Å². The number of anilines is 2. The Hall–Kier alpha value is -3.59. The van der Waals surface area contributed by atoms with Crippen LogP contribution < -0.4 is 20.1 Å². The van der Waals surface area contributed by atoms with Crippen LogP contribution in [0.25, 0.3) is 0 Å². The van der Waals surface area contributed by atoms with Gasteiger partial charge in [-0.1, -0.05) is 28.1 Å². The summed E-state index contributed by atoms with van der Waals surface area (Å²) in [5.74, 6) is 0.843. The molecular formula is C22H20BrN3O5. The zero-order chi connectivity index (χ0) is 22.4. The molecule has 0 unspecified atom stereocenters. The van der Waals surface area contributed by atoms with Crippen molar-refractivity contribution in [2.75, 3.05) is 24.9 Å². The Morgan fingerprint density at radius 1 is 1.00 bits per heavy atom. The van der Waals surface area contributed by atoms with Crippen molar-refractivity contribution in [3.05, 3.63) is 86.4 Å². The summed E-state index contributed by atoms with van der Waals surface area (Å²) in [6, 6.07) is 16.9. The Bertz CT molecular complexity index is 1100. The van der Waals surface area contributed by atoms with Crippen LogP contribution in [-0.4, -0.2) is 25.1 Å². The van der Waals surface area contributed by atoms with E-state index in [0.29, 0.717) is 28.1 Å². The lowest BCUT2D eigenvalue weighted by Gasteiger charge is -2.12. The van der Waals surface area contributed by atoms with Gasteiger partial charge >= 0.3 is 0 Å². The van der Waals surface area contributed by atoms with Gasteiger partial charge in [0, 0.05) is 34.4 Å². The first-order valence-electron chi connectivity index (χ1n) is 9.21. The van der Waals surface area contributed by atoms with E-state index in [1.807, 2.05) is 30.3 Å². The van der Waals surface area contributed by atoms with Crippen LogP contribution in [0.15, 0.2) is 65.1 Å². The van der Waals surface area contributed by atoms with E-state index < -0.39 is 10.8 Å². The normalized spacial score (nSPS) is 10.3. The second kappa shape index (κ2) is 9.94. The molecule has 3 rings (SSSR count). The van der Waals surface area contributed by atoms with Crippen molar-refractivity contribution in [2.24, 2.45) is 0 Å². The first-order chi connectivity index (χ1) is 14.9. The molecule has 2 N–H and O–H groups in total. The van der Waals surface area contributed by atoms with Gasteiger partial charge in [0.1, 0.15) is 5.69 Å². The second-order valence-corrected chi connectivity index (χ2v) is 7.41. The molecule has 0 saturated heterocycles. The highest BCUT2D eigenvalue weighted by Gasteiger charge is 2.17. The number of nitrogens with one attached hydrogen (secondary N) is 2. The summed E-state index contributed by atoms with van der Waals surface area (Å²) >= 11 is 3.26. The van der Waals surface area contributed by atoms with E-state index in [2.05, 4.69) is 26.6 Å². The molecular weight excluding hydrogens is 466 g/mol. The lowest BCUT2D eigenvalue weighted by atomic mass is 10.1. The minimum Gasteiger partial charge on any atom is -0.493 e. The number of nitro groups is 1. The third kappa shape index (κ3) is 5.52. The van der Waals surface area contributed by atoms with Gasteiger partial charge in [0.25, 0.3) is 11.6 Å². The number of nitro benzene ring substituents is 1. The van der Waals surface area contributed by atoms with Crippen molar-refractivity contribution in [3.8, 4) is 11.5 Å². The van der Waals surface area contributed by atoms with Crippen LogP contribution in [0.5, 0.6) is 11.5 Å². The van der Waals surface area contributed by atoms with Crippen LogP contribution in [0.1, 0.15) is 15.9 Å². The Labute approximate surface area is 187 Å². The summed E-state index contributed by atoms with van der Waals surface area (Å²) in [7, 11) is 3.16. The Kier molecular flexibility index (Phi) is 7.09. The summed E-state index contributed by atoms with van der Waals surface area (Å²) in [6.45, 7) is 0.536. The molecule has 0 heterocycles. The summed E-state index contributed by atoms with van der Waals surface area (Å²) in [5, 5.41) is 17.1. The number of ether oxygens (including phenoxy) is 2. The first kappa shape index (κ1) is 22.1. The maximum absolute atomic E-state index is 12.5. The minimum absolute atomic E-state index is 0.128. The molecule has 0 atom stereocenters. The number of hydrogen-bond donors (Lipinski definition) is 2. The highest BCUT2D eigenvalue weighted by atomic mass is 79.9. The quantitative estimate of drug-likeness (QED) is 0.334. The Balaban J connectivity index is 1.66. The molecule has 160 valence electrons. The molecule has 1 amide bonds. The van der Waals surface area contributed by atoms with Gasteiger partial charge in [-0.3, -0.25) is 14.9 Å². The Morgan fingerprint density at radius 2 is 1.71 bits per heavy atom. The number of methoxy groups -OCH3 is 2. The van der Waals surface area contributed by atoms with Crippen LogP contribution in [0.4, 0.5) is 17.1 Å². The van der Waals surface area contributed by atoms with Crippen LogP contribution in [0.2, 0.25) is 0 Å². The van der Waals surface area contributed by atoms with E-state index in [-0.39, 0.29) is 11.4 Å². The average Bonchev–Trinajstić information content (AvgIpc) is 2.77. The molecule has 0 aliphatic carbocycles. The van der Waals surface area contributed by atoms with Crippen molar-refractivity contribution >= 4 is 38.9 Å². The van der Waals surface area contributed by atoms with Crippen LogP contribution in [-0.2, 0) is 6.54 Å². The third-order valence-corrected chi connectivity index (χ3v) is 4.99. The molecule has 0 spiro atoms. The standard InChI is InChI=1S/C22H20BrN3O5/c1-30-20-10-8-17(12-21(20)31-2)24-13-14-3-5-15(6-4-14)22(27)25-18-11-16(23)7-9-19(18)26(28)29/h3-12,24H,13H2,1-2H3,(H,25,27). The van der Waals surface area contributed by atoms with Gasteiger partial charge in [0.05, 0.1) is 19.1 Å². The zero-order valence-electron chi connectivity index (χ0n) is 16.8. The third-order valence-electron chi connectivity index (χ3n) is 4.50.